The number of rotatable bonds is 13. The van der Waals surface area contributed by atoms with Crippen molar-refractivity contribution in [1.29, 1.82) is 0 Å². The molecule has 2 rings (SSSR count). The highest BCUT2D eigenvalue weighted by Gasteiger charge is 2.14. The number of aliphatic carboxylic acids is 1. The molecule has 0 radical (unpaired) electrons. The molecule has 0 aliphatic carbocycles. The van der Waals surface area contributed by atoms with Gasteiger partial charge in [-0.2, -0.15) is 4.57 Å². The van der Waals surface area contributed by atoms with Crippen LogP contribution in [0.5, 0.6) is 0 Å². The molecule has 0 aliphatic rings. The molecule has 0 unspecified atom stereocenters. The van der Waals surface area contributed by atoms with E-state index in [0.717, 1.165) is 19.2 Å². The summed E-state index contributed by atoms with van der Waals surface area (Å²) in [7, 11) is 0. The molecule has 0 saturated heterocycles. The number of unbranched alkanes of at least 4 members (excludes halogenated alkanes) is 11. The van der Waals surface area contributed by atoms with E-state index in [1.165, 1.54) is 93.6 Å². The van der Waals surface area contributed by atoms with Crippen LogP contribution in [0.15, 0.2) is 30.3 Å². The van der Waals surface area contributed by atoms with Crippen molar-refractivity contribution in [2.75, 3.05) is 5.73 Å². The van der Waals surface area contributed by atoms with E-state index in [1.807, 2.05) is 0 Å². The van der Waals surface area contributed by atoms with Crippen molar-refractivity contribution in [3.8, 4) is 0 Å². The van der Waals surface area contributed by atoms with Crippen LogP contribution in [0.1, 0.15) is 96.6 Å². The first-order chi connectivity index (χ1) is 14.5. The van der Waals surface area contributed by atoms with Gasteiger partial charge >= 0.3 is 0 Å². The fourth-order valence-electron chi connectivity index (χ4n) is 3.93. The van der Waals surface area contributed by atoms with E-state index in [4.69, 9.17) is 15.6 Å². The molecule has 0 amide bonds. The lowest BCUT2D eigenvalue weighted by Crippen LogP contribution is -2.38. The number of carboxylic acids is 1. The normalized spacial score (nSPS) is 10.6. The molecular formula is C26H42N2O2. The van der Waals surface area contributed by atoms with Crippen molar-refractivity contribution < 1.29 is 14.5 Å². The summed E-state index contributed by atoms with van der Waals surface area (Å²) in [5.74, 6) is -1.08. The highest BCUT2D eigenvalue weighted by Crippen LogP contribution is 2.19. The zero-order chi connectivity index (χ0) is 22.2. The van der Waals surface area contributed by atoms with Gasteiger partial charge in [-0.3, -0.25) is 0 Å². The van der Waals surface area contributed by atoms with Gasteiger partial charge in [-0.25, -0.2) is 0 Å². The van der Waals surface area contributed by atoms with Crippen molar-refractivity contribution in [2.45, 2.75) is 104 Å². The zero-order valence-electron chi connectivity index (χ0n) is 19.4. The van der Waals surface area contributed by atoms with E-state index >= 15 is 0 Å². The fraction of sp³-hybridized carbons (Fsp3) is 0.615. The lowest BCUT2D eigenvalue weighted by molar-refractivity contribution is -0.677. The Bertz CT molecular complexity index is 739. The number of fused-ring (bicyclic) bond motifs is 1. The number of para-hydroxylation sites is 1. The number of nitrogen functional groups attached to an aromatic ring is 1. The van der Waals surface area contributed by atoms with Crippen LogP contribution in [0.2, 0.25) is 0 Å². The van der Waals surface area contributed by atoms with Crippen molar-refractivity contribution in [1.82, 2.24) is 0 Å². The molecule has 1 heterocycles. The second-order valence-corrected chi connectivity index (χ2v) is 8.29. The highest BCUT2D eigenvalue weighted by atomic mass is 16.4. The summed E-state index contributed by atoms with van der Waals surface area (Å²) in [6.45, 7) is 6.53. The number of aryl methyl sites for hydroxylation is 2. The zero-order valence-corrected chi connectivity index (χ0v) is 19.4. The van der Waals surface area contributed by atoms with E-state index in [2.05, 4.69) is 48.7 Å². The summed E-state index contributed by atoms with van der Waals surface area (Å²) in [5.41, 5.74) is 9.61. The van der Waals surface area contributed by atoms with Gasteiger partial charge < -0.3 is 15.6 Å². The van der Waals surface area contributed by atoms with Crippen LogP contribution in [0.3, 0.4) is 0 Å². The number of carbonyl (C=O) groups excluding carboxylic acids is 1. The predicted molar refractivity (Wildman–Crippen MR) is 125 cm³/mol. The number of carboxylic acid groups (broad SMARTS) is 1. The number of benzene rings is 1. The summed E-state index contributed by atoms with van der Waals surface area (Å²) < 4.78 is 2.43. The summed E-state index contributed by atoms with van der Waals surface area (Å²) in [4.78, 5) is 8.89. The highest BCUT2D eigenvalue weighted by molar-refractivity contribution is 5.87. The molecule has 0 bridgehead atoms. The maximum Gasteiger partial charge on any atom is 0.214 e. The van der Waals surface area contributed by atoms with E-state index < -0.39 is 5.97 Å². The topological polar surface area (TPSA) is 70.0 Å². The molecule has 0 saturated carbocycles. The first-order valence-corrected chi connectivity index (χ1v) is 11.8. The van der Waals surface area contributed by atoms with Gasteiger partial charge in [0.1, 0.15) is 6.54 Å². The Morgan fingerprint density at radius 3 is 1.90 bits per heavy atom. The smallest absolute Gasteiger partial charge is 0.214 e. The molecule has 2 aromatic rings. The number of nitrogens with zero attached hydrogens (tertiary/aromatic N) is 1. The lowest BCUT2D eigenvalue weighted by atomic mass is 10.1. The minimum atomic E-state index is -1.08. The predicted octanol–water partition coefficient (Wildman–Crippen LogP) is 5.48. The second kappa shape index (κ2) is 15.7. The number of anilines is 1. The van der Waals surface area contributed by atoms with Crippen molar-refractivity contribution in [3.05, 3.63) is 36.0 Å². The minimum Gasteiger partial charge on any atom is -0.550 e. The van der Waals surface area contributed by atoms with E-state index in [0.29, 0.717) is 0 Å². The summed E-state index contributed by atoms with van der Waals surface area (Å²) in [5, 5.41) is 10.1. The third-order valence-electron chi connectivity index (χ3n) is 5.53. The molecule has 2 N–H and O–H groups in total. The van der Waals surface area contributed by atoms with Gasteiger partial charge in [-0.05, 0) is 19.4 Å². The number of pyridine rings is 1. The maximum atomic E-state index is 8.89. The molecule has 0 spiro atoms. The van der Waals surface area contributed by atoms with Crippen molar-refractivity contribution in [3.63, 3.8) is 0 Å². The Morgan fingerprint density at radius 1 is 0.900 bits per heavy atom. The van der Waals surface area contributed by atoms with Gasteiger partial charge in [0.25, 0.3) is 0 Å². The molecule has 1 aromatic carbocycles. The Morgan fingerprint density at radius 2 is 1.37 bits per heavy atom. The first-order valence-electron chi connectivity index (χ1n) is 11.8. The Labute approximate surface area is 183 Å². The van der Waals surface area contributed by atoms with Crippen LogP contribution in [-0.2, 0) is 11.3 Å². The molecule has 30 heavy (non-hydrogen) atoms. The molecule has 4 nitrogen and oxygen atoms in total. The quantitative estimate of drug-likeness (QED) is 0.349. The Kier molecular flexibility index (Phi) is 13.6. The summed E-state index contributed by atoms with van der Waals surface area (Å²) >= 11 is 0. The van der Waals surface area contributed by atoms with Gasteiger partial charge in [0.05, 0.1) is 11.1 Å². The first kappa shape index (κ1) is 25.9. The summed E-state index contributed by atoms with van der Waals surface area (Å²) in [6.07, 6.45) is 16.8. The van der Waals surface area contributed by atoms with Crippen LogP contribution in [0.25, 0.3) is 10.9 Å². The third-order valence-corrected chi connectivity index (χ3v) is 5.53. The molecule has 0 fully saturated rings. The van der Waals surface area contributed by atoms with E-state index in [-0.39, 0.29) is 0 Å². The molecular weight excluding hydrogens is 372 g/mol. The largest absolute Gasteiger partial charge is 0.550 e. The van der Waals surface area contributed by atoms with Crippen molar-refractivity contribution >= 4 is 22.6 Å². The van der Waals surface area contributed by atoms with Crippen molar-refractivity contribution in [2.24, 2.45) is 0 Å². The number of hydrogen-bond acceptors (Lipinski definition) is 3. The average Bonchev–Trinajstić information content (AvgIpc) is 2.70. The van der Waals surface area contributed by atoms with Gasteiger partial charge in [0.2, 0.25) is 5.52 Å². The number of aromatic nitrogens is 1. The molecule has 1 aromatic heterocycles. The molecule has 168 valence electrons. The Hall–Kier alpha value is -2.10. The van der Waals surface area contributed by atoms with Gasteiger partial charge in [0.15, 0.2) is 5.69 Å². The minimum absolute atomic E-state index is 0.893. The molecule has 0 aliphatic heterocycles. The molecule has 0 atom stereocenters. The SMILES string of the molecule is CC(=O)[O-].CCCCCCCCCCCCCC[n+]1c(C)cc(N)c2ccccc21. The van der Waals surface area contributed by atoms with E-state index in [1.54, 1.807) is 0 Å². The van der Waals surface area contributed by atoms with Crippen LogP contribution in [-0.4, -0.2) is 5.97 Å². The lowest BCUT2D eigenvalue weighted by Gasteiger charge is -2.07. The number of nitrogens with two attached hydrogens (primary N) is 1. The van der Waals surface area contributed by atoms with Crippen LogP contribution < -0.4 is 15.4 Å². The monoisotopic (exact) mass is 414 g/mol. The van der Waals surface area contributed by atoms with E-state index in [9.17, 15) is 0 Å². The average molecular weight is 415 g/mol. The van der Waals surface area contributed by atoms with Crippen LogP contribution in [0.4, 0.5) is 5.69 Å². The Balaban J connectivity index is 0.00000103. The maximum absolute atomic E-state index is 8.89. The van der Waals surface area contributed by atoms with Gasteiger partial charge in [-0.15, -0.1) is 0 Å². The number of hydrogen-bond donors (Lipinski definition) is 1. The molecule has 4 heteroatoms. The summed E-state index contributed by atoms with van der Waals surface area (Å²) in [6, 6.07) is 10.6. The van der Waals surface area contributed by atoms with Gasteiger partial charge in [-0.1, -0.05) is 83.3 Å². The van der Waals surface area contributed by atoms with Crippen LogP contribution in [0, 0.1) is 6.92 Å². The van der Waals surface area contributed by atoms with Crippen LogP contribution >= 0.6 is 0 Å². The third kappa shape index (κ3) is 10.6. The second-order valence-electron chi connectivity index (χ2n) is 8.29. The van der Waals surface area contributed by atoms with Gasteiger partial charge in [0, 0.05) is 31.4 Å². The fourth-order valence-corrected chi connectivity index (χ4v) is 3.93. The standard InChI is InChI=1S/C24H38N2.C2H4O2/c1-3-4-5-6-7-8-9-10-11-12-13-16-19-26-21(2)20-23(25)22-17-14-15-18-24(22)26;1-2(3)4/h14-15,17-18,20,25H,3-13,16,19H2,1-2H3;1H3,(H,3,4). The number of carbonyl (C=O) groups is 1.